The highest BCUT2D eigenvalue weighted by Crippen LogP contribution is 2.27. The highest BCUT2D eigenvalue weighted by Gasteiger charge is 2.30. The van der Waals surface area contributed by atoms with Gasteiger partial charge in [0.2, 0.25) is 0 Å². The van der Waals surface area contributed by atoms with Crippen molar-refractivity contribution in [3.63, 3.8) is 0 Å². The number of hydrogen-bond acceptors (Lipinski definition) is 3. The monoisotopic (exact) mass is 267 g/mol. The van der Waals surface area contributed by atoms with Gasteiger partial charge in [-0.1, -0.05) is 26.7 Å². The summed E-state index contributed by atoms with van der Waals surface area (Å²) in [5, 5.41) is 3.49. The molecule has 0 atom stereocenters. The maximum atomic E-state index is 3.49. The third kappa shape index (κ3) is 6.24. The summed E-state index contributed by atoms with van der Waals surface area (Å²) in [4.78, 5) is 5.37. The van der Waals surface area contributed by atoms with Gasteiger partial charge in [-0.15, -0.1) is 0 Å². The summed E-state index contributed by atoms with van der Waals surface area (Å²) in [5.74, 6) is 0. The van der Waals surface area contributed by atoms with Gasteiger partial charge in [0.25, 0.3) is 0 Å². The molecule has 2 rings (SSSR count). The third-order valence-corrected chi connectivity index (χ3v) is 4.42. The molecule has 19 heavy (non-hydrogen) atoms. The van der Waals surface area contributed by atoms with E-state index in [1.54, 1.807) is 0 Å². The molecule has 112 valence electrons. The molecule has 1 aliphatic heterocycles. The van der Waals surface area contributed by atoms with E-state index >= 15 is 0 Å². The molecule has 0 aromatic heterocycles. The van der Waals surface area contributed by atoms with Crippen molar-refractivity contribution in [2.75, 3.05) is 39.3 Å². The molecule has 1 N–H and O–H groups in total. The van der Waals surface area contributed by atoms with E-state index in [1.807, 2.05) is 0 Å². The van der Waals surface area contributed by atoms with Gasteiger partial charge in [0, 0.05) is 38.3 Å². The minimum atomic E-state index is 0.641. The second-order valence-corrected chi connectivity index (χ2v) is 6.63. The van der Waals surface area contributed by atoms with Crippen LogP contribution in [0.3, 0.4) is 0 Å². The Labute approximate surface area is 119 Å². The average Bonchev–Trinajstić information content (AvgIpc) is 3.22. The molecule has 1 heterocycles. The second kappa shape index (κ2) is 8.23. The Kier molecular flexibility index (Phi) is 6.62. The first-order valence-electron chi connectivity index (χ1n) is 8.45. The summed E-state index contributed by atoms with van der Waals surface area (Å²) >= 11 is 0. The Morgan fingerprint density at radius 2 is 1.63 bits per heavy atom. The minimum absolute atomic E-state index is 0.641. The molecular weight excluding hydrogens is 234 g/mol. The van der Waals surface area contributed by atoms with Gasteiger partial charge in [-0.25, -0.2) is 0 Å². The lowest BCUT2D eigenvalue weighted by molar-refractivity contribution is 0.125. The number of nitrogens with one attached hydrogen (secondary N) is 1. The molecule has 2 aliphatic rings. The van der Waals surface area contributed by atoms with E-state index in [9.17, 15) is 0 Å². The Hall–Kier alpha value is -0.120. The van der Waals surface area contributed by atoms with Crippen molar-refractivity contribution in [1.29, 1.82) is 0 Å². The summed E-state index contributed by atoms with van der Waals surface area (Å²) in [6.45, 7) is 12.2. The Morgan fingerprint density at radius 1 is 0.947 bits per heavy atom. The fourth-order valence-electron chi connectivity index (χ4n) is 3.00. The maximum absolute atomic E-state index is 3.49. The zero-order valence-corrected chi connectivity index (χ0v) is 13.0. The zero-order chi connectivity index (χ0) is 13.5. The molecule has 3 heteroatoms. The van der Waals surface area contributed by atoms with Crippen LogP contribution in [-0.4, -0.2) is 61.2 Å². The summed E-state index contributed by atoms with van der Waals surface area (Å²) < 4.78 is 0. The van der Waals surface area contributed by atoms with Gasteiger partial charge >= 0.3 is 0 Å². The van der Waals surface area contributed by atoms with Crippen LogP contribution in [0.5, 0.6) is 0 Å². The van der Waals surface area contributed by atoms with Crippen molar-refractivity contribution >= 4 is 0 Å². The van der Waals surface area contributed by atoms with Crippen LogP contribution >= 0.6 is 0 Å². The van der Waals surface area contributed by atoms with E-state index in [-0.39, 0.29) is 0 Å². The molecule has 1 saturated heterocycles. The molecule has 3 nitrogen and oxygen atoms in total. The van der Waals surface area contributed by atoms with Crippen LogP contribution in [0.1, 0.15) is 52.4 Å². The summed E-state index contributed by atoms with van der Waals surface area (Å²) in [6.07, 6.45) is 8.46. The van der Waals surface area contributed by atoms with Gasteiger partial charge in [-0.3, -0.25) is 4.90 Å². The van der Waals surface area contributed by atoms with Crippen LogP contribution in [0.15, 0.2) is 0 Å². The van der Waals surface area contributed by atoms with E-state index in [4.69, 9.17) is 0 Å². The molecule has 2 fully saturated rings. The van der Waals surface area contributed by atoms with E-state index in [0.29, 0.717) is 6.04 Å². The van der Waals surface area contributed by atoms with Gasteiger partial charge in [-0.2, -0.15) is 0 Å². The lowest BCUT2D eigenvalue weighted by Gasteiger charge is -2.34. The summed E-state index contributed by atoms with van der Waals surface area (Å²) in [7, 11) is 0. The van der Waals surface area contributed by atoms with Crippen LogP contribution in [0.4, 0.5) is 0 Å². The van der Waals surface area contributed by atoms with Crippen LogP contribution < -0.4 is 5.32 Å². The maximum Gasteiger partial charge on any atom is 0.0113 e. The minimum Gasteiger partial charge on any atom is -0.315 e. The van der Waals surface area contributed by atoms with Gasteiger partial charge in [0.1, 0.15) is 0 Å². The molecule has 1 saturated carbocycles. The predicted molar refractivity (Wildman–Crippen MR) is 82.6 cm³/mol. The van der Waals surface area contributed by atoms with Crippen LogP contribution in [0, 0.1) is 0 Å². The molecule has 0 bridgehead atoms. The first-order chi connectivity index (χ1) is 9.25. The van der Waals surface area contributed by atoms with Crippen molar-refractivity contribution in [3.8, 4) is 0 Å². The van der Waals surface area contributed by atoms with E-state index in [0.717, 1.165) is 6.04 Å². The first-order valence-corrected chi connectivity index (χ1v) is 8.45. The van der Waals surface area contributed by atoms with Crippen LogP contribution in [-0.2, 0) is 0 Å². The van der Waals surface area contributed by atoms with Crippen molar-refractivity contribution in [1.82, 2.24) is 15.1 Å². The lowest BCUT2D eigenvalue weighted by Crippen LogP contribution is -2.47. The highest BCUT2D eigenvalue weighted by atomic mass is 15.3. The summed E-state index contributed by atoms with van der Waals surface area (Å²) in [5.41, 5.74) is 0. The van der Waals surface area contributed by atoms with E-state index < -0.39 is 0 Å². The topological polar surface area (TPSA) is 18.5 Å². The third-order valence-electron chi connectivity index (χ3n) is 4.42. The first kappa shape index (κ1) is 15.3. The summed E-state index contributed by atoms with van der Waals surface area (Å²) in [6, 6.07) is 1.61. The highest BCUT2D eigenvalue weighted by molar-refractivity contribution is 4.87. The lowest BCUT2D eigenvalue weighted by atomic mass is 10.1. The quantitative estimate of drug-likeness (QED) is 0.647. The largest absolute Gasteiger partial charge is 0.315 e. The van der Waals surface area contributed by atoms with Crippen molar-refractivity contribution in [3.05, 3.63) is 0 Å². The Bertz CT molecular complexity index is 230. The van der Waals surface area contributed by atoms with Crippen molar-refractivity contribution in [2.45, 2.75) is 64.5 Å². The average molecular weight is 267 g/mol. The van der Waals surface area contributed by atoms with Crippen molar-refractivity contribution in [2.24, 2.45) is 0 Å². The fraction of sp³-hybridized carbons (Fsp3) is 1.00. The standard InChI is InChI=1S/C16H33N3/c1-15(2)17-9-5-3-4-6-10-18-11-13-19(14-12-18)16-7-8-16/h15-17H,3-14H2,1-2H3. The van der Waals surface area contributed by atoms with Gasteiger partial charge in [0.05, 0.1) is 0 Å². The Balaban J connectivity index is 1.39. The molecule has 0 unspecified atom stereocenters. The number of nitrogens with zero attached hydrogens (tertiary/aromatic N) is 2. The number of piperazine rings is 1. The molecule has 0 aromatic rings. The van der Waals surface area contributed by atoms with Gasteiger partial charge < -0.3 is 10.2 Å². The molecule has 1 aliphatic carbocycles. The second-order valence-electron chi connectivity index (χ2n) is 6.63. The predicted octanol–water partition coefficient (Wildman–Crippen LogP) is 2.32. The van der Waals surface area contributed by atoms with E-state index in [1.165, 1.54) is 77.8 Å². The van der Waals surface area contributed by atoms with Gasteiger partial charge in [-0.05, 0) is 38.8 Å². The molecular formula is C16H33N3. The number of hydrogen-bond donors (Lipinski definition) is 1. The molecule has 0 spiro atoms. The smallest absolute Gasteiger partial charge is 0.0113 e. The normalized spacial score (nSPS) is 22.3. The number of unbranched alkanes of at least 4 members (excludes halogenated alkanes) is 3. The van der Waals surface area contributed by atoms with Crippen LogP contribution in [0.25, 0.3) is 0 Å². The molecule has 0 radical (unpaired) electrons. The molecule has 0 aromatic carbocycles. The molecule has 0 amide bonds. The Morgan fingerprint density at radius 3 is 2.26 bits per heavy atom. The van der Waals surface area contributed by atoms with Crippen molar-refractivity contribution < 1.29 is 0 Å². The fourth-order valence-corrected chi connectivity index (χ4v) is 3.00. The van der Waals surface area contributed by atoms with Gasteiger partial charge in [0.15, 0.2) is 0 Å². The SMILES string of the molecule is CC(C)NCCCCCCN1CCN(C2CC2)CC1. The van der Waals surface area contributed by atoms with E-state index in [2.05, 4.69) is 29.0 Å². The van der Waals surface area contributed by atoms with Crippen LogP contribution in [0.2, 0.25) is 0 Å². The number of rotatable bonds is 9. The zero-order valence-electron chi connectivity index (χ0n) is 13.0.